The summed E-state index contributed by atoms with van der Waals surface area (Å²) in [6, 6.07) is 8.45. The number of ether oxygens (including phenoxy) is 1. The van der Waals surface area contributed by atoms with Crippen LogP contribution in [0.1, 0.15) is 38.2 Å². The zero-order valence-corrected chi connectivity index (χ0v) is 12.0. The number of aliphatic hydroxyl groups is 1. The summed E-state index contributed by atoms with van der Waals surface area (Å²) in [5.41, 5.74) is 0.734. The molecule has 1 saturated carbocycles. The first-order valence-corrected chi connectivity index (χ1v) is 7.21. The summed E-state index contributed by atoms with van der Waals surface area (Å²) in [5.74, 6) is 0.940. The quantitative estimate of drug-likeness (QED) is 0.828. The molecule has 1 atom stereocenters. The lowest BCUT2D eigenvalue weighted by atomic mass is 10.0. The van der Waals surface area contributed by atoms with Crippen LogP contribution in [0.2, 0.25) is 0 Å². The Balaban J connectivity index is 1.85. The number of nitrogens with one attached hydrogen (secondary N) is 1. The second-order valence-corrected chi connectivity index (χ2v) is 5.73. The minimum atomic E-state index is -0.477. The van der Waals surface area contributed by atoms with Crippen molar-refractivity contribution in [2.75, 3.05) is 13.7 Å². The number of rotatable bonds is 6. The lowest BCUT2D eigenvalue weighted by Crippen LogP contribution is -2.42. The van der Waals surface area contributed by atoms with Crippen molar-refractivity contribution >= 4 is 0 Å². The maximum absolute atomic E-state index is 10.3. The maximum Gasteiger partial charge on any atom is 0.122 e. The van der Waals surface area contributed by atoms with E-state index in [1.807, 2.05) is 18.2 Å². The molecule has 0 spiro atoms. The summed E-state index contributed by atoms with van der Waals surface area (Å²) in [4.78, 5) is 0. The average molecular weight is 263 g/mol. The van der Waals surface area contributed by atoms with Crippen molar-refractivity contribution in [2.24, 2.45) is 0 Å². The average Bonchev–Trinajstić information content (AvgIpc) is 2.85. The van der Waals surface area contributed by atoms with E-state index in [0.29, 0.717) is 12.6 Å². The molecule has 1 unspecified atom stereocenters. The molecule has 1 aromatic rings. The van der Waals surface area contributed by atoms with Gasteiger partial charge in [0.15, 0.2) is 0 Å². The summed E-state index contributed by atoms with van der Waals surface area (Å²) in [6.45, 7) is 2.86. The Morgan fingerprint density at radius 3 is 2.68 bits per heavy atom. The fourth-order valence-electron chi connectivity index (χ4n) is 2.85. The zero-order chi connectivity index (χ0) is 13.7. The number of para-hydroxylation sites is 1. The molecule has 1 aliphatic rings. The second-order valence-electron chi connectivity index (χ2n) is 5.73. The van der Waals surface area contributed by atoms with Gasteiger partial charge in [-0.25, -0.2) is 0 Å². The molecular formula is C16H25NO2. The molecule has 1 aliphatic carbocycles. The first kappa shape index (κ1) is 14.4. The smallest absolute Gasteiger partial charge is 0.122 e. The normalized spacial score (nSPS) is 19.3. The van der Waals surface area contributed by atoms with Crippen LogP contribution in [0.25, 0.3) is 0 Å². The van der Waals surface area contributed by atoms with Crippen molar-refractivity contribution in [1.82, 2.24) is 5.32 Å². The van der Waals surface area contributed by atoms with Crippen molar-refractivity contribution in [3.05, 3.63) is 29.8 Å². The molecule has 0 aliphatic heterocycles. The Labute approximate surface area is 116 Å². The van der Waals surface area contributed by atoms with Crippen LogP contribution in [-0.2, 0) is 6.42 Å². The van der Waals surface area contributed by atoms with Crippen LogP contribution < -0.4 is 10.1 Å². The van der Waals surface area contributed by atoms with Gasteiger partial charge in [-0.2, -0.15) is 0 Å². The highest BCUT2D eigenvalue weighted by molar-refractivity contribution is 5.33. The van der Waals surface area contributed by atoms with Gasteiger partial charge in [0.25, 0.3) is 0 Å². The summed E-state index contributed by atoms with van der Waals surface area (Å²) in [7, 11) is 1.71. The molecule has 0 saturated heterocycles. The summed E-state index contributed by atoms with van der Waals surface area (Å²) in [6.07, 6.45) is 5.08. The van der Waals surface area contributed by atoms with Crippen LogP contribution in [-0.4, -0.2) is 30.4 Å². The van der Waals surface area contributed by atoms with Gasteiger partial charge in [0.2, 0.25) is 0 Å². The van der Waals surface area contributed by atoms with Gasteiger partial charge in [-0.15, -0.1) is 0 Å². The van der Waals surface area contributed by atoms with E-state index in [1.54, 1.807) is 7.11 Å². The summed E-state index contributed by atoms with van der Waals surface area (Å²) >= 11 is 0. The standard InChI is InChI=1S/C16H25NO2/c1-13(17-12-16(18)9-5-6-10-16)11-14-7-3-4-8-15(14)19-2/h3-4,7-8,13,17-18H,5-6,9-12H2,1-2H3. The molecule has 2 rings (SSSR count). The summed E-state index contributed by atoms with van der Waals surface area (Å²) in [5, 5.41) is 13.8. The molecule has 3 nitrogen and oxygen atoms in total. The Kier molecular flexibility index (Phi) is 4.83. The van der Waals surface area contributed by atoms with E-state index >= 15 is 0 Å². The van der Waals surface area contributed by atoms with Gasteiger partial charge < -0.3 is 15.2 Å². The Morgan fingerprint density at radius 2 is 2.00 bits per heavy atom. The molecule has 1 fully saturated rings. The predicted octanol–water partition coefficient (Wildman–Crippen LogP) is 2.52. The van der Waals surface area contributed by atoms with E-state index < -0.39 is 5.60 Å². The van der Waals surface area contributed by atoms with Crippen molar-refractivity contribution in [2.45, 2.75) is 50.7 Å². The van der Waals surface area contributed by atoms with Crippen LogP contribution in [0.15, 0.2) is 24.3 Å². The van der Waals surface area contributed by atoms with Crippen molar-refractivity contribution in [1.29, 1.82) is 0 Å². The number of hydrogen-bond donors (Lipinski definition) is 2. The fourth-order valence-corrected chi connectivity index (χ4v) is 2.85. The molecule has 0 amide bonds. The van der Waals surface area contributed by atoms with Crippen LogP contribution in [0.5, 0.6) is 5.75 Å². The van der Waals surface area contributed by atoms with E-state index in [4.69, 9.17) is 4.74 Å². The third-order valence-corrected chi connectivity index (χ3v) is 4.03. The number of benzene rings is 1. The van der Waals surface area contributed by atoms with Crippen LogP contribution >= 0.6 is 0 Å². The lowest BCUT2D eigenvalue weighted by Gasteiger charge is -2.25. The zero-order valence-electron chi connectivity index (χ0n) is 12.0. The fraction of sp³-hybridized carbons (Fsp3) is 0.625. The van der Waals surface area contributed by atoms with Crippen molar-refractivity contribution < 1.29 is 9.84 Å². The number of hydrogen-bond acceptors (Lipinski definition) is 3. The predicted molar refractivity (Wildman–Crippen MR) is 77.6 cm³/mol. The highest BCUT2D eigenvalue weighted by Gasteiger charge is 2.30. The molecule has 0 radical (unpaired) electrons. The van der Waals surface area contributed by atoms with E-state index in [9.17, 15) is 5.11 Å². The van der Waals surface area contributed by atoms with E-state index in [-0.39, 0.29) is 0 Å². The molecule has 0 heterocycles. The highest BCUT2D eigenvalue weighted by Crippen LogP contribution is 2.28. The van der Waals surface area contributed by atoms with Crippen molar-refractivity contribution in [3.63, 3.8) is 0 Å². The van der Waals surface area contributed by atoms with Gasteiger partial charge in [0, 0.05) is 12.6 Å². The van der Waals surface area contributed by atoms with E-state index in [2.05, 4.69) is 18.3 Å². The van der Waals surface area contributed by atoms with Crippen LogP contribution in [0.4, 0.5) is 0 Å². The monoisotopic (exact) mass is 263 g/mol. The first-order chi connectivity index (χ1) is 9.13. The van der Waals surface area contributed by atoms with E-state index in [1.165, 1.54) is 5.56 Å². The molecule has 19 heavy (non-hydrogen) atoms. The molecule has 0 bridgehead atoms. The third-order valence-electron chi connectivity index (χ3n) is 4.03. The SMILES string of the molecule is COc1ccccc1CC(C)NCC1(O)CCCC1. The Hall–Kier alpha value is -1.06. The largest absolute Gasteiger partial charge is 0.496 e. The van der Waals surface area contributed by atoms with Gasteiger partial charge in [-0.05, 0) is 37.8 Å². The van der Waals surface area contributed by atoms with E-state index in [0.717, 1.165) is 37.9 Å². The Bertz CT molecular complexity index is 399. The lowest BCUT2D eigenvalue weighted by molar-refractivity contribution is 0.0453. The minimum absolute atomic E-state index is 0.334. The molecule has 1 aromatic carbocycles. The molecule has 2 N–H and O–H groups in total. The van der Waals surface area contributed by atoms with Gasteiger partial charge in [0.05, 0.1) is 12.7 Å². The van der Waals surface area contributed by atoms with Gasteiger partial charge in [0.1, 0.15) is 5.75 Å². The van der Waals surface area contributed by atoms with Crippen LogP contribution in [0, 0.1) is 0 Å². The van der Waals surface area contributed by atoms with Gasteiger partial charge >= 0.3 is 0 Å². The van der Waals surface area contributed by atoms with Crippen LogP contribution in [0.3, 0.4) is 0 Å². The topological polar surface area (TPSA) is 41.5 Å². The maximum atomic E-state index is 10.3. The highest BCUT2D eigenvalue weighted by atomic mass is 16.5. The van der Waals surface area contributed by atoms with Gasteiger partial charge in [-0.3, -0.25) is 0 Å². The minimum Gasteiger partial charge on any atom is -0.496 e. The number of methoxy groups -OCH3 is 1. The molecule has 0 aromatic heterocycles. The third kappa shape index (κ3) is 3.95. The molecule has 106 valence electrons. The first-order valence-electron chi connectivity index (χ1n) is 7.21. The van der Waals surface area contributed by atoms with Gasteiger partial charge in [-0.1, -0.05) is 31.0 Å². The summed E-state index contributed by atoms with van der Waals surface area (Å²) < 4.78 is 5.37. The second kappa shape index (κ2) is 6.40. The van der Waals surface area contributed by atoms with Crippen molar-refractivity contribution in [3.8, 4) is 5.75 Å². The molecular weight excluding hydrogens is 238 g/mol. The Morgan fingerprint density at radius 1 is 1.32 bits per heavy atom. The molecule has 3 heteroatoms.